The van der Waals surface area contributed by atoms with Crippen LogP contribution < -0.4 is 5.32 Å². The highest BCUT2D eigenvalue weighted by molar-refractivity contribution is 5.76. The highest BCUT2D eigenvalue weighted by Gasteiger charge is 2.27. The number of nitrogens with zero attached hydrogens (tertiary/aromatic N) is 1. The molecule has 0 atom stereocenters. The lowest BCUT2D eigenvalue weighted by atomic mass is 9.78. The molecule has 6 heteroatoms. The molecule has 2 rings (SSSR count). The minimum atomic E-state index is -0.274. The van der Waals surface area contributed by atoms with E-state index in [1.807, 2.05) is 12.1 Å². The third-order valence-corrected chi connectivity index (χ3v) is 5.81. The smallest absolute Gasteiger partial charge is 0.409 e. The Balaban J connectivity index is 1.98. The average Bonchev–Trinajstić information content (AvgIpc) is 2.66. The summed E-state index contributed by atoms with van der Waals surface area (Å²) in [5.41, 5.74) is 2.54. The molecule has 0 spiro atoms. The molecule has 0 radical (unpaired) electrons. The third-order valence-electron chi connectivity index (χ3n) is 5.81. The van der Waals surface area contributed by atoms with Gasteiger partial charge in [0.05, 0.1) is 6.61 Å². The number of nitrogens with one attached hydrogen (secondary N) is 1. The SMILES string of the molecule is CCOC(=O)N1CCC(NC(=O)CCc2cc(C(C)(C)C)c(O)c(C(C)(C)C)c2)CC1. The first-order chi connectivity index (χ1) is 14.3. The molecular weight excluding hydrogens is 392 g/mol. The second-order valence-electron chi connectivity index (χ2n) is 10.6. The normalized spacial score (nSPS) is 15.6. The van der Waals surface area contributed by atoms with Gasteiger partial charge in [-0.3, -0.25) is 4.79 Å². The number of rotatable bonds is 5. The Kier molecular flexibility index (Phi) is 8.01. The molecule has 0 bridgehead atoms. The molecule has 1 aromatic rings. The maximum absolute atomic E-state index is 12.6. The Morgan fingerprint density at radius 2 is 1.58 bits per heavy atom. The van der Waals surface area contributed by atoms with Crippen molar-refractivity contribution in [1.29, 1.82) is 0 Å². The van der Waals surface area contributed by atoms with Crippen molar-refractivity contribution in [2.24, 2.45) is 0 Å². The van der Waals surface area contributed by atoms with E-state index in [4.69, 9.17) is 4.74 Å². The summed E-state index contributed by atoms with van der Waals surface area (Å²) in [5.74, 6) is 0.388. The molecule has 0 unspecified atom stereocenters. The van der Waals surface area contributed by atoms with Gasteiger partial charge in [0.15, 0.2) is 0 Å². The van der Waals surface area contributed by atoms with Gasteiger partial charge in [-0.1, -0.05) is 53.7 Å². The van der Waals surface area contributed by atoms with E-state index in [1.165, 1.54) is 0 Å². The Labute approximate surface area is 187 Å². The van der Waals surface area contributed by atoms with Crippen LogP contribution in [0.15, 0.2) is 12.1 Å². The molecule has 174 valence electrons. The standard InChI is InChI=1S/C25H40N2O4/c1-8-31-23(30)27-13-11-18(12-14-27)26-21(28)10-9-17-15-19(24(2,3)4)22(29)20(16-17)25(5,6)7/h15-16,18,29H,8-14H2,1-7H3,(H,26,28). The molecular formula is C25H40N2O4. The van der Waals surface area contributed by atoms with Gasteiger partial charge >= 0.3 is 6.09 Å². The second-order valence-corrected chi connectivity index (χ2v) is 10.6. The van der Waals surface area contributed by atoms with Gasteiger partial charge in [0.25, 0.3) is 0 Å². The summed E-state index contributed by atoms with van der Waals surface area (Å²) in [4.78, 5) is 26.1. The van der Waals surface area contributed by atoms with Crippen LogP contribution in [0.5, 0.6) is 5.75 Å². The highest BCUT2D eigenvalue weighted by Crippen LogP contribution is 2.40. The molecule has 6 nitrogen and oxygen atoms in total. The number of carbonyl (C=O) groups excluding carboxylic acids is 2. The van der Waals surface area contributed by atoms with Crippen molar-refractivity contribution in [3.63, 3.8) is 0 Å². The number of benzene rings is 1. The van der Waals surface area contributed by atoms with E-state index < -0.39 is 0 Å². The van der Waals surface area contributed by atoms with Crippen molar-refractivity contribution in [2.45, 2.75) is 91.0 Å². The van der Waals surface area contributed by atoms with Crippen molar-refractivity contribution >= 4 is 12.0 Å². The van der Waals surface area contributed by atoms with E-state index in [2.05, 4.69) is 46.9 Å². The number of aromatic hydroxyl groups is 1. The second kappa shape index (κ2) is 9.92. The largest absolute Gasteiger partial charge is 0.507 e. The van der Waals surface area contributed by atoms with Crippen LogP contribution in [0.25, 0.3) is 0 Å². The van der Waals surface area contributed by atoms with Gasteiger partial charge in [-0.2, -0.15) is 0 Å². The number of phenols is 1. The fourth-order valence-electron chi connectivity index (χ4n) is 3.96. The number of amides is 2. The van der Waals surface area contributed by atoms with Crippen molar-refractivity contribution in [3.05, 3.63) is 28.8 Å². The summed E-state index contributed by atoms with van der Waals surface area (Å²) in [6.45, 7) is 15.9. The Morgan fingerprint density at radius 3 is 2.03 bits per heavy atom. The highest BCUT2D eigenvalue weighted by atomic mass is 16.6. The number of hydrogen-bond acceptors (Lipinski definition) is 4. The first-order valence-electron chi connectivity index (χ1n) is 11.4. The molecule has 1 heterocycles. The zero-order chi connectivity index (χ0) is 23.4. The van der Waals surface area contributed by atoms with Gasteiger partial charge < -0.3 is 20.1 Å². The minimum Gasteiger partial charge on any atom is -0.507 e. The topological polar surface area (TPSA) is 78.9 Å². The molecule has 0 aromatic heterocycles. The minimum absolute atomic E-state index is 0.0253. The summed E-state index contributed by atoms with van der Waals surface area (Å²) in [5, 5.41) is 14.0. The fourth-order valence-corrected chi connectivity index (χ4v) is 3.96. The summed E-state index contributed by atoms with van der Waals surface area (Å²) in [6, 6.07) is 4.17. The summed E-state index contributed by atoms with van der Waals surface area (Å²) in [6.07, 6.45) is 2.23. The molecule has 1 aliphatic rings. The molecule has 2 N–H and O–H groups in total. The van der Waals surface area contributed by atoms with Crippen molar-refractivity contribution in [1.82, 2.24) is 10.2 Å². The quantitative estimate of drug-likeness (QED) is 0.709. The average molecular weight is 433 g/mol. The van der Waals surface area contributed by atoms with E-state index in [0.717, 1.165) is 29.5 Å². The van der Waals surface area contributed by atoms with E-state index >= 15 is 0 Å². The third kappa shape index (κ3) is 6.88. The van der Waals surface area contributed by atoms with Gasteiger partial charge in [0.2, 0.25) is 5.91 Å². The van der Waals surface area contributed by atoms with Gasteiger partial charge in [-0.05, 0) is 53.7 Å². The maximum atomic E-state index is 12.6. The predicted octanol–water partition coefficient (Wildman–Crippen LogP) is 4.66. The molecule has 31 heavy (non-hydrogen) atoms. The molecule has 2 amide bonds. The summed E-state index contributed by atoms with van der Waals surface area (Å²) in [7, 11) is 0. The van der Waals surface area contributed by atoms with Crippen molar-refractivity contribution in [3.8, 4) is 5.75 Å². The number of piperidine rings is 1. The van der Waals surface area contributed by atoms with Crippen molar-refractivity contribution in [2.75, 3.05) is 19.7 Å². The number of likely N-dealkylation sites (tertiary alicyclic amines) is 1. The van der Waals surface area contributed by atoms with Gasteiger partial charge in [-0.15, -0.1) is 0 Å². The number of phenolic OH excluding ortho intramolecular Hbond substituents is 1. The lowest BCUT2D eigenvalue weighted by Crippen LogP contribution is -2.46. The molecule has 1 fully saturated rings. The molecule has 1 aliphatic heterocycles. The van der Waals surface area contributed by atoms with Crippen molar-refractivity contribution < 1.29 is 19.4 Å². The lowest BCUT2D eigenvalue weighted by molar-refractivity contribution is -0.122. The van der Waals surface area contributed by atoms with Crippen LogP contribution in [0.3, 0.4) is 0 Å². The number of ether oxygens (including phenoxy) is 1. The number of carbonyl (C=O) groups is 2. The van der Waals surface area contributed by atoms with Crippen LogP contribution in [0, 0.1) is 0 Å². The lowest BCUT2D eigenvalue weighted by Gasteiger charge is -2.31. The molecule has 1 aromatic carbocycles. The Hall–Kier alpha value is -2.24. The Morgan fingerprint density at radius 1 is 1.06 bits per heavy atom. The Bertz CT molecular complexity index is 747. The molecule has 1 saturated heterocycles. The predicted molar refractivity (Wildman–Crippen MR) is 124 cm³/mol. The zero-order valence-corrected chi connectivity index (χ0v) is 20.3. The summed E-state index contributed by atoms with van der Waals surface area (Å²) < 4.78 is 5.04. The number of aryl methyl sites for hydroxylation is 1. The van der Waals surface area contributed by atoms with Gasteiger partial charge in [0, 0.05) is 25.6 Å². The number of hydrogen-bond donors (Lipinski definition) is 2. The van der Waals surface area contributed by atoms with Gasteiger partial charge in [-0.25, -0.2) is 4.79 Å². The summed E-state index contributed by atoms with van der Waals surface area (Å²) >= 11 is 0. The first-order valence-corrected chi connectivity index (χ1v) is 11.4. The monoisotopic (exact) mass is 432 g/mol. The van der Waals surface area contributed by atoms with E-state index in [1.54, 1.807) is 11.8 Å². The molecule has 0 saturated carbocycles. The first kappa shape index (κ1) is 25.0. The van der Waals surface area contributed by atoms with Crippen LogP contribution >= 0.6 is 0 Å². The van der Waals surface area contributed by atoms with Crippen LogP contribution in [0.1, 0.15) is 84.4 Å². The van der Waals surface area contributed by atoms with E-state index in [9.17, 15) is 14.7 Å². The van der Waals surface area contributed by atoms with Crippen LogP contribution in [-0.2, 0) is 26.8 Å². The maximum Gasteiger partial charge on any atom is 0.409 e. The zero-order valence-electron chi connectivity index (χ0n) is 20.3. The van der Waals surface area contributed by atoms with Crippen LogP contribution in [-0.4, -0.2) is 47.7 Å². The van der Waals surface area contributed by atoms with E-state index in [0.29, 0.717) is 38.3 Å². The van der Waals surface area contributed by atoms with Crippen LogP contribution in [0.2, 0.25) is 0 Å². The van der Waals surface area contributed by atoms with E-state index in [-0.39, 0.29) is 28.9 Å². The molecule has 0 aliphatic carbocycles. The van der Waals surface area contributed by atoms with Crippen LogP contribution in [0.4, 0.5) is 4.79 Å². The fraction of sp³-hybridized carbons (Fsp3) is 0.680. The van der Waals surface area contributed by atoms with Gasteiger partial charge in [0.1, 0.15) is 5.75 Å².